The van der Waals surface area contributed by atoms with Gasteiger partial charge in [-0.1, -0.05) is 24.9 Å². The molecule has 1 aromatic rings. The van der Waals surface area contributed by atoms with Gasteiger partial charge in [0.15, 0.2) is 0 Å². The Balaban J connectivity index is 2.59. The molecule has 18 heavy (non-hydrogen) atoms. The smallest absolute Gasteiger partial charge is 0.254 e. The molecule has 2 N–H and O–H groups in total. The van der Waals surface area contributed by atoms with Crippen LogP contribution in [0.15, 0.2) is 18.2 Å². The van der Waals surface area contributed by atoms with Gasteiger partial charge in [0.25, 0.3) is 5.91 Å². The summed E-state index contributed by atoms with van der Waals surface area (Å²) in [5.74, 6) is -0.884. The maximum atomic E-state index is 13.5. The van der Waals surface area contributed by atoms with Crippen molar-refractivity contribution in [2.75, 3.05) is 13.2 Å². The molecule has 0 saturated heterocycles. The Morgan fingerprint density at radius 1 is 1.56 bits per heavy atom. The second kappa shape index (κ2) is 7.34. The van der Waals surface area contributed by atoms with Crippen molar-refractivity contribution in [3.8, 4) is 0 Å². The van der Waals surface area contributed by atoms with Crippen LogP contribution in [-0.4, -0.2) is 24.2 Å². The Morgan fingerprint density at radius 2 is 2.28 bits per heavy atom. The number of carbonyl (C=O) groups excluding carboxylic acids is 1. The summed E-state index contributed by atoms with van der Waals surface area (Å²) in [6.07, 6.45) is 1.48. The first-order valence-corrected chi connectivity index (χ1v) is 6.30. The number of hydrogen-bond acceptors (Lipinski definition) is 2. The first kappa shape index (κ1) is 14.9. The molecule has 3 nitrogen and oxygen atoms in total. The van der Waals surface area contributed by atoms with Crippen LogP contribution in [0.5, 0.6) is 0 Å². The topological polar surface area (TPSA) is 49.3 Å². The lowest BCUT2D eigenvalue weighted by atomic mass is 10.0. The van der Waals surface area contributed by atoms with E-state index in [0.29, 0.717) is 13.0 Å². The fraction of sp³-hybridized carbons (Fsp3) is 0.462. The Hall–Kier alpha value is -1.13. The highest BCUT2D eigenvalue weighted by molar-refractivity contribution is 6.30. The highest BCUT2D eigenvalue weighted by Crippen LogP contribution is 2.14. The van der Waals surface area contributed by atoms with Crippen LogP contribution in [-0.2, 0) is 0 Å². The minimum absolute atomic E-state index is 0.0155. The van der Waals surface area contributed by atoms with Crippen LogP contribution >= 0.6 is 11.6 Å². The molecule has 0 fully saturated rings. The predicted octanol–water partition coefficient (Wildman–Crippen LogP) is 2.62. The van der Waals surface area contributed by atoms with E-state index in [4.69, 9.17) is 16.7 Å². The lowest BCUT2D eigenvalue weighted by molar-refractivity contribution is 0.0939. The number of aliphatic hydroxyl groups is 1. The molecule has 0 radical (unpaired) electrons. The zero-order chi connectivity index (χ0) is 13.5. The third-order valence-corrected chi connectivity index (χ3v) is 3.08. The van der Waals surface area contributed by atoms with Crippen LogP contribution in [0.25, 0.3) is 0 Å². The normalized spacial score (nSPS) is 12.2. The van der Waals surface area contributed by atoms with E-state index in [-0.39, 0.29) is 23.1 Å². The molecule has 1 atom stereocenters. The van der Waals surface area contributed by atoms with E-state index in [1.165, 1.54) is 12.1 Å². The predicted molar refractivity (Wildman–Crippen MR) is 69.2 cm³/mol. The summed E-state index contributed by atoms with van der Waals surface area (Å²) in [5.41, 5.74) is -0.0155. The largest absolute Gasteiger partial charge is 0.396 e. The number of hydrogen-bond donors (Lipinski definition) is 2. The molecule has 0 saturated carbocycles. The molecule has 0 aromatic heterocycles. The van der Waals surface area contributed by atoms with Crippen LogP contribution in [0.3, 0.4) is 0 Å². The highest BCUT2D eigenvalue weighted by Gasteiger charge is 2.13. The lowest BCUT2D eigenvalue weighted by Gasteiger charge is -2.14. The van der Waals surface area contributed by atoms with Crippen molar-refractivity contribution in [3.63, 3.8) is 0 Å². The summed E-state index contributed by atoms with van der Waals surface area (Å²) in [7, 11) is 0. The van der Waals surface area contributed by atoms with Gasteiger partial charge in [0.1, 0.15) is 5.82 Å². The lowest BCUT2D eigenvalue weighted by Crippen LogP contribution is -2.30. The zero-order valence-corrected chi connectivity index (χ0v) is 11.0. The van der Waals surface area contributed by atoms with Crippen molar-refractivity contribution in [2.24, 2.45) is 5.92 Å². The monoisotopic (exact) mass is 273 g/mol. The summed E-state index contributed by atoms with van der Waals surface area (Å²) >= 11 is 5.61. The van der Waals surface area contributed by atoms with E-state index in [1.54, 1.807) is 0 Å². The molecule has 1 rings (SSSR count). The maximum Gasteiger partial charge on any atom is 0.254 e. The van der Waals surface area contributed by atoms with Crippen LogP contribution in [0.4, 0.5) is 4.39 Å². The first-order chi connectivity index (χ1) is 8.58. The molecule has 1 amide bonds. The summed E-state index contributed by atoms with van der Waals surface area (Å²) in [6.45, 7) is 2.50. The molecular formula is C13H17ClFNO2. The molecule has 0 bridgehead atoms. The van der Waals surface area contributed by atoms with E-state index in [1.807, 2.05) is 6.92 Å². The van der Waals surface area contributed by atoms with Crippen LogP contribution in [0.1, 0.15) is 30.1 Å². The number of aliphatic hydroxyl groups excluding tert-OH is 1. The molecule has 0 aliphatic rings. The zero-order valence-electron chi connectivity index (χ0n) is 10.2. The van der Waals surface area contributed by atoms with E-state index < -0.39 is 11.7 Å². The molecular weight excluding hydrogens is 257 g/mol. The second-order valence-corrected chi connectivity index (χ2v) is 4.56. The van der Waals surface area contributed by atoms with Gasteiger partial charge in [-0.3, -0.25) is 4.79 Å². The van der Waals surface area contributed by atoms with Crippen molar-refractivity contribution in [3.05, 3.63) is 34.6 Å². The SMILES string of the molecule is CCC(CCO)CNC(=O)c1ccc(Cl)cc1F. The van der Waals surface area contributed by atoms with E-state index >= 15 is 0 Å². The Labute approximate surface area is 111 Å². The Morgan fingerprint density at radius 3 is 2.83 bits per heavy atom. The fourth-order valence-corrected chi connectivity index (χ4v) is 1.80. The molecule has 100 valence electrons. The Bertz CT molecular complexity index is 412. The van der Waals surface area contributed by atoms with Gasteiger partial charge in [-0.15, -0.1) is 0 Å². The van der Waals surface area contributed by atoms with Crippen molar-refractivity contribution < 1.29 is 14.3 Å². The van der Waals surface area contributed by atoms with Crippen molar-refractivity contribution in [2.45, 2.75) is 19.8 Å². The fourth-order valence-electron chi connectivity index (χ4n) is 1.64. The number of halogens is 2. The summed E-state index contributed by atoms with van der Waals surface area (Å²) in [5, 5.41) is 11.8. The third-order valence-electron chi connectivity index (χ3n) is 2.84. The minimum atomic E-state index is -0.629. The van der Waals surface area contributed by atoms with E-state index in [2.05, 4.69) is 5.32 Å². The average molecular weight is 274 g/mol. The standard InChI is InChI=1S/C13H17ClFNO2/c1-2-9(5-6-17)8-16-13(18)11-4-3-10(14)7-12(11)15/h3-4,7,9,17H,2,5-6,8H2,1H3,(H,16,18). The average Bonchev–Trinajstić information content (AvgIpc) is 2.34. The first-order valence-electron chi connectivity index (χ1n) is 5.92. The highest BCUT2D eigenvalue weighted by atomic mass is 35.5. The van der Waals surface area contributed by atoms with Gasteiger partial charge in [0, 0.05) is 18.2 Å². The molecule has 0 aliphatic heterocycles. The van der Waals surface area contributed by atoms with Gasteiger partial charge in [0.05, 0.1) is 5.56 Å². The Kier molecular flexibility index (Phi) is 6.09. The maximum absolute atomic E-state index is 13.5. The van der Waals surface area contributed by atoms with Crippen molar-refractivity contribution in [1.29, 1.82) is 0 Å². The number of nitrogens with one attached hydrogen (secondary N) is 1. The molecule has 0 heterocycles. The van der Waals surface area contributed by atoms with Gasteiger partial charge >= 0.3 is 0 Å². The van der Waals surface area contributed by atoms with Gasteiger partial charge in [-0.05, 0) is 30.5 Å². The number of carbonyl (C=O) groups is 1. The summed E-state index contributed by atoms with van der Waals surface area (Å²) in [6, 6.07) is 3.95. The molecule has 1 aromatic carbocycles. The van der Waals surface area contributed by atoms with E-state index in [0.717, 1.165) is 12.5 Å². The van der Waals surface area contributed by atoms with Crippen molar-refractivity contribution >= 4 is 17.5 Å². The number of rotatable bonds is 6. The van der Waals surface area contributed by atoms with Crippen molar-refractivity contribution in [1.82, 2.24) is 5.32 Å². The van der Waals surface area contributed by atoms with Crippen LogP contribution in [0.2, 0.25) is 5.02 Å². The second-order valence-electron chi connectivity index (χ2n) is 4.12. The summed E-state index contributed by atoms with van der Waals surface area (Å²) < 4.78 is 13.5. The van der Waals surface area contributed by atoms with Gasteiger partial charge in [-0.2, -0.15) is 0 Å². The van der Waals surface area contributed by atoms with Crippen LogP contribution in [0, 0.1) is 11.7 Å². The molecule has 1 unspecified atom stereocenters. The number of benzene rings is 1. The molecule has 0 aliphatic carbocycles. The summed E-state index contributed by atoms with van der Waals surface area (Å²) in [4.78, 5) is 11.7. The molecule has 0 spiro atoms. The van der Waals surface area contributed by atoms with Gasteiger partial charge < -0.3 is 10.4 Å². The number of amides is 1. The van der Waals surface area contributed by atoms with Gasteiger partial charge in [-0.25, -0.2) is 4.39 Å². The third kappa shape index (κ3) is 4.27. The van der Waals surface area contributed by atoms with Crippen LogP contribution < -0.4 is 5.32 Å². The van der Waals surface area contributed by atoms with E-state index in [9.17, 15) is 9.18 Å². The molecule has 5 heteroatoms. The minimum Gasteiger partial charge on any atom is -0.396 e. The quantitative estimate of drug-likeness (QED) is 0.837. The van der Waals surface area contributed by atoms with Gasteiger partial charge in [0.2, 0.25) is 0 Å².